The van der Waals surface area contributed by atoms with E-state index in [4.69, 9.17) is 0 Å². The van der Waals surface area contributed by atoms with Crippen LogP contribution in [0.5, 0.6) is 0 Å². The molecule has 1 saturated heterocycles. The van der Waals surface area contributed by atoms with Gasteiger partial charge in [0.15, 0.2) is 0 Å². The third kappa shape index (κ3) is 2.87. The van der Waals surface area contributed by atoms with Crippen molar-refractivity contribution in [2.45, 2.75) is 64.8 Å². The van der Waals surface area contributed by atoms with Gasteiger partial charge in [0, 0.05) is 18.0 Å². The Hall–Kier alpha value is -0.570. The van der Waals surface area contributed by atoms with Crippen LogP contribution in [0, 0.1) is 11.3 Å². The van der Waals surface area contributed by atoms with Crippen molar-refractivity contribution in [1.29, 1.82) is 0 Å². The van der Waals surface area contributed by atoms with Crippen LogP contribution in [-0.2, 0) is 4.79 Å². The van der Waals surface area contributed by atoms with Gasteiger partial charge in [0.2, 0.25) is 5.91 Å². The molecule has 1 heterocycles. The second-order valence-corrected chi connectivity index (χ2v) is 6.23. The van der Waals surface area contributed by atoms with Crippen LogP contribution in [0.25, 0.3) is 0 Å². The molecule has 0 aromatic rings. The van der Waals surface area contributed by atoms with E-state index in [-0.39, 0.29) is 5.41 Å². The van der Waals surface area contributed by atoms with Crippen LogP contribution in [0.15, 0.2) is 0 Å². The first-order valence-electron chi connectivity index (χ1n) is 7.69. The van der Waals surface area contributed by atoms with Crippen molar-refractivity contribution in [3.05, 3.63) is 0 Å². The van der Waals surface area contributed by atoms with E-state index >= 15 is 0 Å². The van der Waals surface area contributed by atoms with Gasteiger partial charge in [-0.3, -0.25) is 4.79 Å². The Morgan fingerprint density at radius 2 is 2.06 bits per heavy atom. The van der Waals surface area contributed by atoms with E-state index in [2.05, 4.69) is 24.5 Å². The molecule has 3 nitrogen and oxygen atoms in total. The summed E-state index contributed by atoms with van der Waals surface area (Å²) in [4.78, 5) is 12.4. The first-order chi connectivity index (χ1) is 8.68. The number of carbonyl (C=O) groups excluding carboxylic acids is 1. The Bertz CT molecular complexity index is 284. The molecule has 2 fully saturated rings. The second kappa shape index (κ2) is 6.05. The summed E-state index contributed by atoms with van der Waals surface area (Å²) in [6.45, 7) is 6.35. The van der Waals surface area contributed by atoms with Crippen LogP contribution < -0.4 is 10.6 Å². The first kappa shape index (κ1) is 13.9. The van der Waals surface area contributed by atoms with E-state index in [1.54, 1.807) is 0 Å². The van der Waals surface area contributed by atoms with Gasteiger partial charge >= 0.3 is 0 Å². The SMILES string of the molecule is CCC1(C(=O)NCC2NCCCC2C)CCCC1. The molecule has 2 aliphatic rings. The molecule has 2 atom stereocenters. The monoisotopic (exact) mass is 252 g/mol. The van der Waals surface area contributed by atoms with Crippen molar-refractivity contribution in [3.63, 3.8) is 0 Å². The highest BCUT2D eigenvalue weighted by Crippen LogP contribution is 2.41. The lowest BCUT2D eigenvalue weighted by Gasteiger charge is -2.32. The minimum absolute atomic E-state index is 0.0437. The molecule has 104 valence electrons. The summed E-state index contributed by atoms with van der Waals surface area (Å²) in [5, 5.41) is 6.75. The zero-order valence-corrected chi connectivity index (χ0v) is 11.9. The standard InChI is InChI=1S/C15H28N2O/c1-3-15(8-4-5-9-15)14(18)17-11-13-12(2)7-6-10-16-13/h12-13,16H,3-11H2,1-2H3,(H,17,18). The molecule has 1 saturated carbocycles. The smallest absolute Gasteiger partial charge is 0.226 e. The predicted molar refractivity (Wildman–Crippen MR) is 74.4 cm³/mol. The number of piperidine rings is 1. The second-order valence-electron chi connectivity index (χ2n) is 6.23. The van der Waals surface area contributed by atoms with E-state index in [9.17, 15) is 4.79 Å². The molecule has 3 heteroatoms. The number of hydrogen-bond donors (Lipinski definition) is 2. The third-order valence-corrected chi connectivity index (χ3v) is 5.13. The largest absolute Gasteiger partial charge is 0.354 e. The van der Waals surface area contributed by atoms with E-state index in [0.717, 1.165) is 32.4 Å². The fourth-order valence-corrected chi connectivity index (χ4v) is 3.57. The van der Waals surface area contributed by atoms with Gasteiger partial charge in [-0.1, -0.05) is 26.7 Å². The highest BCUT2D eigenvalue weighted by molar-refractivity contribution is 5.82. The Balaban J connectivity index is 1.83. The molecule has 18 heavy (non-hydrogen) atoms. The van der Waals surface area contributed by atoms with Crippen molar-refractivity contribution in [1.82, 2.24) is 10.6 Å². The fourth-order valence-electron chi connectivity index (χ4n) is 3.57. The number of amides is 1. The molecule has 0 aromatic carbocycles. The Kier molecular flexibility index (Phi) is 4.66. The van der Waals surface area contributed by atoms with Gasteiger partial charge in [-0.2, -0.15) is 0 Å². The molecule has 1 amide bonds. The Labute approximate surface area is 111 Å². The summed E-state index contributed by atoms with van der Waals surface area (Å²) in [6, 6.07) is 0.470. The van der Waals surface area contributed by atoms with Gasteiger partial charge < -0.3 is 10.6 Å². The Morgan fingerprint density at radius 1 is 1.33 bits per heavy atom. The van der Waals surface area contributed by atoms with E-state index in [1.165, 1.54) is 25.7 Å². The lowest BCUT2D eigenvalue weighted by Crippen LogP contribution is -2.50. The van der Waals surface area contributed by atoms with Crippen LogP contribution in [0.4, 0.5) is 0 Å². The van der Waals surface area contributed by atoms with Crippen molar-refractivity contribution in [3.8, 4) is 0 Å². The maximum Gasteiger partial charge on any atom is 0.226 e. The summed E-state index contributed by atoms with van der Waals surface area (Å²) < 4.78 is 0. The lowest BCUT2D eigenvalue weighted by atomic mass is 9.82. The quantitative estimate of drug-likeness (QED) is 0.807. The van der Waals surface area contributed by atoms with Gasteiger partial charge in [-0.05, 0) is 44.6 Å². The van der Waals surface area contributed by atoms with Crippen LogP contribution in [-0.4, -0.2) is 25.0 Å². The van der Waals surface area contributed by atoms with Crippen molar-refractivity contribution in [2.75, 3.05) is 13.1 Å². The van der Waals surface area contributed by atoms with Crippen molar-refractivity contribution < 1.29 is 4.79 Å². The molecule has 0 radical (unpaired) electrons. The highest BCUT2D eigenvalue weighted by Gasteiger charge is 2.39. The average Bonchev–Trinajstić information content (AvgIpc) is 2.87. The highest BCUT2D eigenvalue weighted by atomic mass is 16.2. The molecule has 2 N–H and O–H groups in total. The van der Waals surface area contributed by atoms with E-state index < -0.39 is 0 Å². The summed E-state index contributed by atoms with van der Waals surface area (Å²) in [5.41, 5.74) is -0.0437. The maximum atomic E-state index is 12.4. The van der Waals surface area contributed by atoms with Gasteiger partial charge in [0.25, 0.3) is 0 Å². The molecular formula is C15H28N2O. The average molecular weight is 252 g/mol. The van der Waals surface area contributed by atoms with E-state index in [0.29, 0.717) is 17.9 Å². The molecule has 1 aliphatic heterocycles. The molecule has 0 spiro atoms. The lowest BCUT2D eigenvalue weighted by molar-refractivity contribution is -0.131. The number of carbonyl (C=O) groups is 1. The third-order valence-electron chi connectivity index (χ3n) is 5.13. The molecule has 2 unspecified atom stereocenters. The number of nitrogens with one attached hydrogen (secondary N) is 2. The zero-order chi connectivity index (χ0) is 13.0. The van der Waals surface area contributed by atoms with Crippen LogP contribution in [0.1, 0.15) is 58.8 Å². The minimum atomic E-state index is -0.0437. The summed E-state index contributed by atoms with van der Waals surface area (Å²) in [6.07, 6.45) is 8.16. The molecule has 1 aliphatic carbocycles. The molecular weight excluding hydrogens is 224 g/mol. The van der Waals surface area contributed by atoms with Crippen molar-refractivity contribution in [2.24, 2.45) is 11.3 Å². The molecule has 2 rings (SSSR count). The van der Waals surface area contributed by atoms with Gasteiger partial charge in [0.05, 0.1) is 0 Å². The van der Waals surface area contributed by atoms with Crippen LogP contribution in [0.3, 0.4) is 0 Å². The first-order valence-corrected chi connectivity index (χ1v) is 7.69. The van der Waals surface area contributed by atoms with Gasteiger partial charge in [-0.25, -0.2) is 0 Å². The summed E-state index contributed by atoms with van der Waals surface area (Å²) in [7, 11) is 0. The van der Waals surface area contributed by atoms with Crippen LogP contribution in [0.2, 0.25) is 0 Å². The van der Waals surface area contributed by atoms with Gasteiger partial charge in [-0.15, -0.1) is 0 Å². The Morgan fingerprint density at radius 3 is 2.67 bits per heavy atom. The fraction of sp³-hybridized carbons (Fsp3) is 0.933. The minimum Gasteiger partial charge on any atom is -0.354 e. The normalized spacial score (nSPS) is 31.2. The zero-order valence-electron chi connectivity index (χ0n) is 11.9. The molecule has 0 bridgehead atoms. The summed E-state index contributed by atoms with van der Waals surface area (Å²) in [5.74, 6) is 0.988. The van der Waals surface area contributed by atoms with Crippen molar-refractivity contribution >= 4 is 5.91 Å². The van der Waals surface area contributed by atoms with E-state index in [1.807, 2.05) is 0 Å². The number of rotatable bonds is 4. The maximum absolute atomic E-state index is 12.4. The molecule has 0 aromatic heterocycles. The van der Waals surface area contributed by atoms with Crippen LogP contribution >= 0.6 is 0 Å². The topological polar surface area (TPSA) is 41.1 Å². The van der Waals surface area contributed by atoms with Gasteiger partial charge in [0.1, 0.15) is 0 Å². The number of hydrogen-bond acceptors (Lipinski definition) is 2. The predicted octanol–water partition coefficient (Wildman–Crippen LogP) is 2.46. The summed E-state index contributed by atoms with van der Waals surface area (Å²) >= 11 is 0.